The fraction of sp³-hybridized carbons (Fsp3) is 0.227. The van der Waals surface area contributed by atoms with Gasteiger partial charge in [0.15, 0.2) is 10.8 Å². The number of nitrogens with zero attached hydrogens (tertiary/aromatic N) is 3. The number of benzene rings is 2. The number of hydrogen-bond donors (Lipinski definition) is 1. The van der Waals surface area contributed by atoms with E-state index in [-0.39, 0.29) is 11.2 Å². The third-order valence-corrected chi connectivity index (χ3v) is 5.91. The summed E-state index contributed by atoms with van der Waals surface area (Å²) >= 11 is 1.36. The predicted octanol–water partition coefficient (Wildman–Crippen LogP) is 4.33. The molecule has 1 atom stereocenters. The molecule has 0 fully saturated rings. The summed E-state index contributed by atoms with van der Waals surface area (Å²) in [5.74, 6) is 1.31. The lowest BCUT2D eigenvalue weighted by molar-refractivity contribution is -0.115. The SMILES string of the molecule is COc1cccc(NC(=O)[C@@H](C)Sc2nnc3cc(C)c4ccc(OC)cc4n23)c1. The zero-order valence-electron chi connectivity index (χ0n) is 17.2. The molecule has 8 heteroatoms. The van der Waals surface area contributed by atoms with E-state index in [1.807, 2.05) is 60.7 Å². The number of carbonyl (C=O) groups excluding carboxylic acids is 1. The Morgan fingerprint density at radius 3 is 2.60 bits per heavy atom. The average Bonchev–Trinajstić information content (AvgIpc) is 3.15. The van der Waals surface area contributed by atoms with Crippen LogP contribution in [0, 0.1) is 6.92 Å². The number of anilines is 1. The van der Waals surface area contributed by atoms with Crippen molar-refractivity contribution in [2.75, 3.05) is 19.5 Å². The van der Waals surface area contributed by atoms with E-state index in [0.717, 1.165) is 27.9 Å². The highest BCUT2D eigenvalue weighted by Gasteiger charge is 2.20. The maximum Gasteiger partial charge on any atom is 0.237 e. The molecule has 2 aromatic carbocycles. The van der Waals surface area contributed by atoms with Gasteiger partial charge in [0.2, 0.25) is 5.91 Å². The Morgan fingerprint density at radius 2 is 1.83 bits per heavy atom. The second-order valence-corrected chi connectivity index (χ2v) is 8.18. The molecule has 0 aliphatic rings. The lowest BCUT2D eigenvalue weighted by atomic mass is 10.1. The number of fused-ring (bicyclic) bond motifs is 3. The monoisotopic (exact) mass is 422 g/mol. The van der Waals surface area contributed by atoms with E-state index in [9.17, 15) is 4.79 Å². The second-order valence-electron chi connectivity index (χ2n) is 6.87. The molecule has 0 bridgehead atoms. The smallest absolute Gasteiger partial charge is 0.237 e. The van der Waals surface area contributed by atoms with Gasteiger partial charge in [-0.25, -0.2) is 0 Å². The predicted molar refractivity (Wildman–Crippen MR) is 119 cm³/mol. The summed E-state index contributed by atoms with van der Waals surface area (Å²) in [5, 5.41) is 12.9. The van der Waals surface area contributed by atoms with E-state index < -0.39 is 0 Å². The van der Waals surface area contributed by atoms with Crippen LogP contribution in [0.1, 0.15) is 12.5 Å². The van der Waals surface area contributed by atoms with E-state index in [4.69, 9.17) is 9.47 Å². The Bertz CT molecular complexity index is 1240. The van der Waals surface area contributed by atoms with Gasteiger partial charge in [-0.2, -0.15) is 0 Å². The number of hydrogen-bond acceptors (Lipinski definition) is 6. The van der Waals surface area contributed by atoms with Crippen molar-refractivity contribution >= 4 is 39.9 Å². The Kier molecular flexibility index (Phi) is 5.50. The third kappa shape index (κ3) is 3.78. The van der Waals surface area contributed by atoms with Gasteiger partial charge in [0, 0.05) is 23.2 Å². The molecule has 2 heterocycles. The number of methoxy groups -OCH3 is 2. The van der Waals surface area contributed by atoms with Gasteiger partial charge < -0.3 is 14.8 Å². The molecule has 0 unspecified atom stereocenters. The molecule has 0 aliphatic heterocycles. The molecular weight excluding hydrogens is 400 g/mol. The number of carbonyl (C=O) groups is 1. The van der Waals surface area contributed by atoms with Crippen LogP contribution in [-0.2, 0) is 4.79 Å². The minimum absolute atomic E-state index is 0.126. The van der Waals surface area contributed by atoms with Crippen molar-refractivity contribution in [3.63, 3.8) is 0 Å². The van der Waals surface area contributed by atoms with Crippen molar-refractivity contribution in [3.05, 3.63) is 54.1 Å². The van der Waals surface area contributed by atoms with Gasteiger partial charge >= 0.3 is 0 Å². The zero-order valence-corrected chi connectivity index (χ0v) is 18.0. The molecule has 0 saturated heterocycles. The second kappa shape index (κ2) is 8.23. The lowest BCUT2D eigenvalue weighted by Gasteiger charge is -2.13. The number of rotatable bonds is 6. The summed E-state index contributed by atoms with van der Waals surface area (Å²) in [6.07, 6.45) is 0. The molecule has 0 spiro atoms. The number of aromatic nitrogens is 3. The minimum Gasteiger partial charge on any atom is -0.497 e. The van der Waals surface area contributed by atoms with Crippen molar-refractivity contribution in [1.29, 1.82) is 0 Å². The van der Waals surface area contributed by atoms with Crippen molar-refractivity contribution in [2.45, 2.75) is 24.3 Å². The Labute approximate surface area is 178 Å². The highest BCUT2D eigenvalue weighted by atomic mass is 32.2. The quantitative estimate of drug-likeness (QED) is 0.466. The Morgan fingerprint density at radius 1 is 1.07 bits per heavy atom. The van der Waals surface area contributed by atoms with Crippen molar-refractivity contribution in [3.8, 4) is 11.5 Å². The molecule has 0 radical (unpaired) electrons. The fourth-order valence-corrected chi connectivity index (χ4v) is 4.13. The van der Waals surface area contributed by atoms with E-state index in [0.29, 0.717) is 16.6 Å². The van der Waals surface area contributed by atoms with Gasteiger partial charge in [0.05, 0.1) is 25.0 Å². The van der Waals surface area contributed by atoms with Gasteiger partial charge in [-0.05, 0) is 49.7 Å². The van der Waals surface area contributed by atoms with Crippen molar-refractivity contribution in [2.24, 2.45) is 0 Å². The first kappa shape index (κ1) is 20.0. The molecule has 30 heavy (non-hydrogen) atoms. The van der Waals surface area contributed by atoms with Crippen molar-refractivity contribution in [1.82, 2.24) is 14.6 Å². The van der Waals surface area contributed by atoms with Gasteiger partial charge in [-0.1, -0.05) is 17.8 Å². The molecule has 2 aromatic heterocycles. The van der Waals surface area contributed by atoms with Crippen LogP contribution in [0.5, 0.6) is 11.5 Å². The summed E-state index contributed by atoms with van der Waals surface area (Å²) < 4.78 is 12.6. The first-order chi connectivity index (χ1) is 14.5. The molecule has 4 aromatic rings. The maximum atomic E-state index is 12.7. The van der Waals surface area contributed by atoms with E-state index in [2.05, 4.69) is 15.5 Å². The largest absolute Gasteiger partial charge is 0.497 e. The summed E-state index contributed by atoms with van der Waals surface area (Å²) in [7, 11) is 3.23. The van der Waals surface area contributed by atoms with Gasteiger partial charge in [0.25, 0.3) is 0 Å². The van der Waals surface area contributed by atoms with Gasteiger partial charge in [0.1, 0.15) is 11.5 Å². The molecule has 154 valence electrons. The Balaban J connectivity index is 1.64. The number of ether oxygens (including phenoxy) is 2. The van der Waals surface area contributed by atoms with Crippen LogP contribution in [-0.4, -0.2) is 40.0 Å². The van der Waals surface area contributed by atoms with Gasteiger partial charge in [-0.15, -0.1) is 10.2 Å². The topological polar surface area (TPSA) is 77.8 Å². The highest BCUT2D eigenvalue weighted by Crippen LogP contribution is 2.30. The molecular formula is C22H22N4O3S. The van der Waals surface area contributed by atoms with Crippen LogP contribution in [0.25, 0.3) is 16.6 Å². The molecule has 4 rings (SSSR count). The molecule has 0 aliphatic carbocycles. The first-order valence-electron chi connectivity index (χ1n) is 9.44. The van der Waals surface area contributed by atoms with Gasteiger partial charge in [-0.3, -0.25) is 9.20 Å². The standard InChI is InChI=1S/C22H22N4O3S/c1-13-10-20-24-25-22(26(20)19-12-17(29-4)8-9-18(13)19)30-14(2)21(27)23-15-6-5-7-16(11-15)28-3/h5-12,14H,1-4H3,(H,23,27)/t14-/m1/s1. The highest BCUT2D eigenvalue weighted by molar-refractivity contribution is 8.00. The Hall–Kier alpha value is -3.26. The molecule has 0 saturated carbocycles. The van der Waals surface area contributed by atoms with Crippen LogP contribution in [0.3, 0.4) is 0 Å². The summed E-state index contributed by atoms with van der Waals surface area (Å²) in [4.78, 5) is 12.7. The summed E-state index contributed by atoms with van der Waals surface area (Å²) in [6, 6.07) is 15.2. The number of pyridine rings is 1. The number of aryl methyl sites for hydroxylation is 1. The summed E-state index contributed by atoms with van der Waals surface area (Å²) in [6.45, 7) is 3.89. The van der Waals surface area contributed by atoms with Crippen LogP contribution >= 0.6 is 11.8 Å². The van der Waals surface area contributed by atoms with E-state index in [1.165, 1.54) is 11.8 Å². The average molecular weight is 423 g/mol. The van der Waals surface area contributed by atoms with Crippen LogP contribution in [0.2, 0.25) is 0 Å². The zero-order chi connectivity index (χ0) is 21.3. The molecule has 1 N–H and O–H groups in total. The fourth-order valence-electron chi connectivity index (χ4n) is 3.26. The van der Waals surface area contributed by atoms with Crippen LogP contribution < -0.4 is 14.8 Å². The first-order valence-corrected chi connectivity index (χ1v) is 10.3. The lowest BCUT2D eigenvalue weighted by Crippen LogP contribution is -2.22. The number of nitrogens with one attached hydrogen (secondary N) is 1. The molecule has 7 nitrogen and oxygen atoms in total. The minimum atomic E-state index is -0.384. The molecule has 1 amide bonds. The van der Waals surface area contributed by atoms with Crippen LogP contribution in [0.4, 0.5) is 5.69 Å². The number of thioether (sulfide) groups is 1. The third-order valence-electron chi connectivity index (χ3n) is 4.86. The van der Waals surface area contributed by atoms with E-state index in [1.54, 1.807) is 20.3 Å². The maximum absolute atomic E-state index is 12.7. The number of amides is 1. The van der Waals surface area contributed by atoms with E-state index >= 15 is 0 Å². The van der Waals surface area contributed by atoms with Crippen LogP contribution in [0.15, 0.2) is 53.7 Å². The summed E-state index contributed by atoms with van der Waals surface area (Å²) in [5.41, 5.74) is 3.46. The van der Waals surface area contributed by atoms with Crippen molar-refractivity contribution < 1.29 is 14.3 Å². The normalized spacial score (nSPS) is 12.1.